The van der Waals surface area contributed by atoms with Gasteiger partial charge in [0.25, 0.3) is 5.91 Å². The van der Waals surface area contributed by atoms with Crippen molar-refractivity contribution in [1.82, 2.24) is 24.6 Å². The van der Waals surface area contributed by atoms with Crippen LogP contribution in [-0.4, -0.2) is 62.6 Å². The van der Waals surface area contributed by atoms with Gasteiger partial charge in [-0.25, -0.2) is 0 Å². The highest BCUT2D eigenvalue weighted by molar-refractivity contribution is 5.93. The molecule has 1 aliphatic rings. The smallest absolute Gasteiger partial charge is 0.272 e. The van der Waals surface area contributed by atoms with Gasteiger partial charge >= 0.3 is 0 Å². The van der Waals surface area contributed by atoms with Gasteiger partial charge in [-0.3, -0.25) is 19.3 Å². The van der Waals surface area contributed by atoms with Crippen molar-refractivity contribution in [2.75, 3.05) is 26.2 Å². The Morgan fingerprint density at radius 3 is 2.38 bits per heavy atom. The van der Waals surface area contributed by atoms with E-state index in [4.69, 9.17) is 0 Å². The summed E-state index contributed by atoms with van der Waals surface area (Å²) >= 11 is 0. The van der Waals surface area contributed by atoms with E-state index < -0.39 is 0 Å². The van der Waals surface area contributed by atoms with Crippen LogP contribution >= 0.6 is 0 Å². The maximum absolute atomic E-state index is 13.3. The molecule has 2 aromatic heterocycles. The molecule has 0 bridgehead atoms. The minimum absolute atomic E-state index is 0.0748. The van der Waals surface area contributed by atoms with E-state index in [1.165, 1.54) is 0 Å². The molecule has 3 heterocycles. The van der Waals surface area contributed by atoms with Crippen LogP contribution < -0.4 is 0 Å². The Hall–Kier alpha value is -3.48. The first-order valence-electron chi connectivity index (χ1n) is 11.1. The van der Waals surface area contributed by atoms with E-state index in [1.54, 1.807) is 41.3 Å². The predicted molar refractivity (Wildman–Crippen MR) is 123 cm³/mol. The maximum atomic E-state index is 13.3. The number of amides is 2. The maximum Gasteiger partial charge on any atom is 0.272 e. The third-order valence-electron chi connectivity index (χ3n) is 6.01. The molecule has 0 aliphatic carbocycles. The molecule has 2 amide bonds. The number of aromatic nitrogens is 3. The van der Waals surface area contributed by atoms with E-state index >= 15 is 0 Å². The Morgan fingerprint density at radius 1 is 1.00 bits per heavy atom. The highest BCUT2D eigenvalue weighted by Crippen LogP contribution is 2.22. The molecule has 32 heavy (non-hydrogen) atoms. The lowest BCUT2D eigenvalue weighted by atomic mass is 9.95. The minimum atomic E-state index is -0.270. The van der Waals surface area contributed by atoms with Crippen LogP contribution in [0.4, 0.5) is 0 Å². The predicted octanol–water partition coefficient (Wildman–Crippen LogP) is 3.04. The third kappa shape index (κ3) is 4.72. The van der Waals surface area contributed by atoms with Gasteiger partial charge in [-0.2, -0.15) is 5.10 Å². The SMILES string of the molecule is CCCN1CCN(C(=O)c2ccnn2C)CC(Cc2ccc(-c3ccncc3)cc2)C1=O. The number of nitrogens with zero attached hydrogens (tertiary/aromatic N) is 5. The Labute approximate surface area is 188 Å². The van der Waals surface area contributed by atoms with Crippen molar-refractivity contribution in [3.8, 4) is 11.1 Å². The first-order valence-corrected chi connectivity index (χ1v) is 11.1. The fourth-order valence-electron chi connectivity index (χ4n) is 4.28. The van der Waals surface area contributed by atoms with E-state index in [9.17, 15) is 9.59 Å². The lowest BCUT2D eigenvalue weighted by Crippen LogP contribution is -2.38. The molecule has 7 heteroatoms. The number of hydrogen-bond donors (Lipinski definition) is 0. The number of hydrogen-bond acceptors (Lipinski definition) is 4. The average molecular weight is 432 g/mol. The van der Waals surface area contributed by atoms with Gasteiger partial charge in [-0.05, 0) is 47.7 Å². The van der Waals surface area contributed by atoms with Crippen LogP contribution in [0.3, 0.4) is 0 Å². The highest BCUT2D eigenvalue weighted by Gasteiger charge is 2.33. The molecule has 166 valence electrons. The van der Waals surface area contributed by atoms with Crippen LogP contribution in [0.15, 0.2) is 61.1 Å². The molecule has 1 unspecified atom stereocenters. The number of aryl methyl sites for hydroxylation is 1. The third-order valence-corrected chi connectivity index (χ3v) is 6.01. The summed E-state index contributed by atoms with van der Waals surface area (Å²) in [4.78, 5) is 34.2. The summed E-state index contributed by atoms with van der Waals surface area (Å²) in [5.41, 5.74) is 3.86. The number of carbonyl (C=O) groups excluding carboxylic acids is 2. The molecule has 0 radical (unpaired) electrons. The van der Waals surface area contributed by atoms with E-state index in [1.807, 2.05) is 17.0 Å². The molecule has 1 fully saturated rings. The summed E-state index contributed by atoms with van der Waals surface area (Å²) in [7, 11) is 1.77. The Kier molecular flexibility index (Phi) is 6.63. The lowest BCUT2D eigenvalue weighted by molar-refractivity contribution is -0.134. The van der Waals surface area contributed by atoms with Crippen molar-refractivity contribution in [1.29, 1.82) is 0 Å². The van der Waals surface area contributed by atoms with E-state index in [0.29, 0.717) is 38.3 Å². The molecular weight excluding hydrogens is 402 g/mol. The van der Waals surface area contributed by atoms with Gasteiger partial charge in [0.1, 0.15) is 5.69 Å². The zero-order valence-corrected chi connectivity index (χ0v) is 18.6. The van der Waals surface area contributed by atoms with Gasteiger partial charge in [-0.1, -0.05) is 31.2 Å². The summed E-state index contributed by atoms with van der Waals surface area (Å²) in [6.07, 6.45) is 6.69. The normalized spacial score (nSPS) is 16.8. The number of benzene rings is 1. The topological polar surface area (TPSA) is 71.3 Å². The largest absolute Gasteiger partial charge is 0.341 e. The van der Waals surface area contributed by atoms with Crippen LogP contribution in [0, 0.1) is 5.92 Å². The first kappa shape index (κ1) is 21.7. The molecule has 1 atom stereocenters. The van der Waals surface area contributed by atoms with Gasteiger partial charge in [0.05, 0.1) is 5.92 Å². The highest BCUT2D eigenvalue weighted by atomic mass is 16.2. The Morgan fingerprint density at radius 2 is 1.72 bits per heavy atom. The molecule has 0 N–H and O–H groups in total. The molecule has 0 spiro atoms. The quantitative estimate of drug-likeness (QED) is 0.602. The van der Waals surface area contributed by atoms with Crippen LogP contribution in [-0.2, 0) is 18.3 Å². The van der Waals surface area contributed by atoms with Gasteiger partial charge in [0.15, 0.2) is 0 Å². The zero-order chi connectivity index (χ0) is 22.5. The number of carbonyl (C=O) groups is 2. The molecule has 1 aliphatic heterocycles. The summed E-state index contributed by atoms with van der Waals surface area (Å²) in [5.74, 6) is -0.215. The van der Waals surface area contributed by atoms with E-state index in [-0.39, 0.29) is 17.7 Å². The Balaban J connectivity index is 1.54. The molecule has 7 nitrogen and oxygen atoms in total. The van der Waals surface area contributed by atoms with Gasteiger partial charge in [0, 0.05) is 51.8 Å². The van der Waals surface area contributed by atoms with Crippen molar-refractivity contribution < 1.29 is 9.59 Å². The van der Waals surface area contributed by atoms with Crippen LogP contribution in [0.2, 0.25) is 0 Å². The lowest BCUT2D eigenvalue weighted by Gasteiger charge is -2.24. The molecule has 3 aromatic rings. The summed E-state index contributed by atoms with van der Waals surface area (Å²) in [6, 6.07) is 14.0. The first-order chi connectivity index (χ1) is 15.6. The van der Waals surface area contributed by atoms with Gasteiger partial charge < -0.3 is 9.80 Å². The van der Waals surface area contributed by atoms with Crippen molar-refractivity contribution in [3.05, 3.63) is 72.3 Å². The summed E-state index contributed by atoms with van der Waals surface area (Å²) in [5, 5.41) is 4.12. The second-order valence-corrected chi connectivity index (χ2v) is 8.25. The average Bonchev–Trinajstić information content (AvgIpc) is 3.19. The summed E-state index contributed by atoms with van der Waals surface area (Å²) in [6.45, 7) is 4.30. The monoisotopic (exact) mass is 431 g/mol. The fraction of sp³-hybridized carbons (Fsp3) is 0.360. The van der Waals surface area contributed by atoms with Crippen molar-refractivity contribution >= 4 is 11.8 Å². The van der Waals surface area contributed by atoms with Crippen molar-refractivity contribution in [3.63, 3.8) is 0 Å². The fourth-order valence-corrected chi connectivity index (χ4v) is 4.28. The van der Waals surface area contributed by atoms with E-state index in [0.717, 1.165) is 23.1 Å². The molecule has 1 saturated heterocycles. The van der Waals surface area contributed by atoms with Gasteiger partial charge in [0.2, 0.25) is 5.91 Å². The molecule has 4 rings (SSSR count). The second kappa shape index (κ2) is 9.77. The number of pyridine rings is 1. The summed E-state index contributed by atoms with van der Waals surface area (Å²) < 4.78 is 1.59. The molecule has 1 aromatic carbocycles. The van der Waals surface area contributed by atoms with E-state index in [2.05, 4.69) is 41.3 Å². The van der Waals surface area contributed by atoms with Gasteiger partial charge in [-0.15, -0.1) is 0 Å². The standard InChI is InChI=1S/C25H29N5O2/c1-3-14-29-15-16-30(25(32)23-10-13-27-28(23)2)18-22(24(29)31)17-19-4-6-20(7-5-19)21-8-11-26-12-9-21/h4-13,22H,3,14-18H2,1-2H3. The van der Waals surface area contributed by atoms with Crippen LogP contribution in [0.25, 0.3) is 11.1 Å². The van der Waals surface area contributed by atoms with Crippen molar-refractivity contribution in [2.24, 2.45) is 13.0 Å². The van der Waals surface area contributed by atoms with Crippen LogP contribution in [0.1, 0.15) is 29.4 Å². The Bertz CT molecular complexity index is 1060. The second-order valence-electron chi connectivity index (χ2n) is 8.25. The molecule has 0 saturated carbocycles. The van der Waals surface area contributed by atoms with Crippen LogP contribution in [0.5, 0.6) is 0 Å². The minimum Gasteiger partial charge on any atom is -0.341 e. The number of rotatable bonds is 6. The zero-order valence-electron chi connectivity index (χ0n) is 18.6. The molecular formula is C25H29N5O2. The van der Waals surface area contributed by atoms with Crippen molar-refractivity contribution in [2.45, 2.75) is 19.8 Å².